The third kappa shape index (κ3) is 5.72. The van der Waals surface area contributed by atoms with Crippen molar-refractivity contribution < 1.29 is 26.6 Å². The Labute approximate surface area is 205 Å². The number of hydrogen-bond donors (Lipinski definition) is 0. The molecule has 4 aliphatic rings. The molecule has 0 aromatic carbocycles. The molecule has 1 saturated heterocycles. The Hall–Kier alpha value is 0.411. The summed E-state index contributed by atoms with van der Waals surface area (Å²) in [5, 5.41) is 0. The Balaban J connectivity index is 1.79. The van der Waals surface area contributed by atoms with E-state index >= 15 is 0 Å². The first-order valence-electron chi connectivity index (χ1n) is 14.0. The molecule has 0 amide bonds. The SMILES string of the molecule is CCOC[Si]1(C2CCCC2)O[Si](COCC)(C2CCCC2)O[Si](COCC)(C2CCCC2)O1. The van der Waals surface area contributed by atoms with Gasteiger partial charge in [-0.05, 0) is 59.3 Å². The second-order valence-corrected chi connectivity index (χ2v) is 21.2. The van der Waals surface area contributed by atoms with E-state index in [-0.39, 0.29) is 0 Å². The van der Waals surface area contributed by atoms with Gasteiger partial charge < -0.3 is 26.6 Å². The van der Waals surface area contributed by atoms with Crippen LogP contribution in [0.1, 0.15) is 97.8 Å². The lowest BCUT2D eigenvalue weighted by atomic mass is 10.4. The van der Waals surface area contributed by atoms with E-state index in [2.05, 4.69) is 20.8 Å². The highest BCUT2D eigenvalue weighted by molar-refractivity contribution is 6.96. The lowest BCUT2D eigenvalue weighted by molar-refractivity contribution is 0.0792. The standard InChI is InChI=1S/C24H48O6Si3/c1-4-25-19-31(22-13-7-8-14-22)28-32(20-26-5-2,23-15-9-10-16-23)30-33(29-31,21-27-6-3)24-17-11-12-18-24/h22-24H,4-21H2,1-3H3. The molecular weight excluding hydrogens is 469 g/mol. The van der Waals surface area contributed by atoms with Gasteiger partial charge in [-0.1, -0.05) is 38.5 Å². The van der Waals surface area contributed by atoms with Crippen molar-refractivity contribution in [1.29, 1.82) is 0 Å². The third-order valence-electron chi connectivity index (χ3n) is 8.49. The molecule has 0 atom stereocenters. The van der Waals surface area contributed by atoms with Crippen molar-refractivity contribution >= 4 is 25.7 Å². The summed E-state index contributed by atoms with van der Waals surface area (Å²) < 4.78 is 41.2. The summed E-state index contributed by atoms with van der Waals surface area (Å²) in [6.07, 6.45) is 16.9. The summed E-state index contributed by atoms with van der Waals surface area (Å²) in [5.41, 5.74) is 1.54. The van der Waals surface area contributed by atoms with Crippen LogP contribution in [0.5, 0.6) is 0 Å². The Morgan fingerprint density at radius 2 is 0.727 bits per heavy atom. The predicted octanol–water partition coefficient (Wildman–Crippen LogP) is 5.94. The van der Waals surface area contributed by atoms with E-state index in [0.717, 1.165) is 0 Å². The van der Waals surface area contributed by atoms with E-state index in [9.17, 15) is 0 Å². The highest BCUT2D eigenvalue weighted by Gasteiger charge is 2.69. The molecule has 1 aliphatic heterocycles. The molecule has 6 nitrogen and oxygen atoms in total. The first-order chi connectivity index (χ1) is 16.1. The van der Waals surface area contributed by atoms with Crippen LogP contribution in [-0.4, -0.2) is 64.2 Å². The average molecular weight is 517 g/mol. The summed E-state index contributed by atoms with van der Waals surface area (Å²) in [4.78, 5) is 0. The zero-order valence-electron chi connectivity index (χ0n) is 21.4. The Morgan fingerprint density at radius 3 is 0.939 bits per heavy atom. The topological polar surface area (TPSA) is 55.4 Å². The Morgan fingerprint density at radius 1 is 0.485 bits per heavy atom. The van der Waals surface area contributed by atoms with Gasteiger partial charge in [0.05, 0.1) is 18.7 Å². The minimum absolute atomic E-state index is 0.512. The fourth-order valence-electron chi connectivity index (χ4n) is 6.80. The molecule has 0 aromatic heterocycles. The monoisotopic (exact) mass is 516 g/mol. The summed E-state index contributed by atoms with van der Waals surface area (Å²) in [7, 11) is -7.98. The van der Waals surface area contributed by atoms with Gasteiger partial charge in [-0.2, -0.15) is 0 Å². The van der Waals surface area contributed by atoms with Gasteiger partial charge in [0.15, 0.2) is 0 Å². The highest BCUT2D eigenvalue weighted by atomic mass is 28.5. The molecule has 0 aromatic rings. The van der Waals surface area contributed by atoms with Gasteiger partial charge in [0.25, 0.3) is 0 Å². The van der Waals surface area contributed by atoms with Crippen molar-refractivity contribution in [2.75, 3.05) is 38.5 Å². The van der Waals surface area contributed by atoms with Crippen molar-refractivity contribution in [2.45, 2.75) is 114 Å². The number of hydrogen-bond acceptors (Lipinski definition) is 6. The zero-order valence-corrected chi connectivity index (χ0v) is 24.4. The average Bonchev–Trinajstić information content (AvgIpc) is 3.62. The second-order valence-electron chi connectivity index (χ2n) is 10.6. The highest BCUT2D eigenvalue weighted by Crippen LogP contribution is 2.54. The zero-order chi connectivity index (χ0) is 23.2. The largest absolute Gasteiger partial charge is 0.412 e. The van der Waals surface area contributed by atoms with Gasteiger partial charge in [0, 0.05) is 36.4 Å². The van der Waals surface area contributed by atoms with E-state index in [1.807, 2.05) is 0 Å². The van der Waals surface area contributed by atoms with Gasteiger partial charge in [-0.25, -0.2) is 0 Å². The molecule has 0 N–H and O–H groups in total. The summed E-state index contributed by atoms with van der Waals surface area (Å²) >= 11 is 0. The first-order valence-corrected chi connectivity index (χ1v) is 20.3. The maximum absolute atomic E-state index is 7.49. The van der Waals surface area contributed by atoms with Crippen LogP contribution in [0.15, 0.2) is 0 Å². The molecule has 1 heterocycles. The fourth-order valence-corrected chi connectivity index (χ4v) is 26.9. The molecule has 3 aliphatic carbocycles. The lowest BCUT2D eigenvalue weighted by Gasteiger charge is -2.57. The second kappa shape index (κ2) is 12.1. The van der Waals surface area contributed by atoms with Crippen LogP contribution in [0.25, 0.3) is 0 Å². The smallest absolute Gasteiger partial charge is 0.350 e. The molecule has 33 heavy (non-hydrogen) atoms. The summed E-state index contributed by atoms with van der Waals surface area (Å²) in [6.45, 7) is 8.42. The molecule has 3 saturated carbocycles. The number of ether oxygens (including phenoxy) is 3. The normalized spacial score (nSPS) is 36.8. The van der Waals surface area contributed by atoms with Gasteiger partial charge in [-0.15, -0.1) is 0 Å². The minimum Gasteiger partial charge on any atom is -0.412 e. The van der Waals surface area contributed by atoms with Crippen LogP contribution in [0.4, 0.5) is 0 Å². The number of rotatable bonds is 12. The van der Waals surface area contributed by atoms with Gasteiger partial charge in [0.1, 0.15) is 0 Å². The maximum atomic E-state index is 7.49. The van der Waals surface area contributed by atoms with E-state index in [0.29, 0.717) is 55.1 Å². The Bertz CT molecular complexity index is 504. The van der Waals surface area contributed by atoms with Crippen molar-refractivity contribution in [1.82, 2.24) is 0 Å². The lowest BCUT2D eigenvalue weighted by Crippen LogP contribution is -2.77. The van der Waals surface area contributed by atoms with Crippen molar-refractivity contribution in [3.05, 3.63) is 0 Å². The molecule has 9 heteroatoms. The maximum Gasteiger partial charge on any atom is 0.350 e. The molecule has 0 radical (unpaired) electrons. The van der Waals surface area contributed by atoms with Crippen LogP contribution in [0.2, 0.25) is 16.6 Å². The van der Waals surface area contributed by atoms with Crippen LogP contribution < -0.4 is 0 Å². The molecular formula is C24H48O6Si3. The van der Waals surface area contributed by atoms with E-state index in [1.165, 1.54) is 77.0 Å². The van der Waals surface area contributed by atoms with E-state index in [4.69, 9.17) is 26.6 Å². The van der Waals surface area contributed by atoms with E-state index in [1.54, 1.807) is 0 Å². The van der Waals surface area contributed by atoms with Crippen LogP contribution in [-0.2, 0) is 26.6 Å². The molecule has 4 fully saturated rings. The molecule has 0 unspecified atom stereocenters. The molecule has 0 bridgehead atoms. The van der Waals surface area contributed by atoms with Crippen LogP contribution >= 0.6 is 0 Å². The predicted molar refractivity (Wildman–Crippen MR) is 137 cm³/mol. The van der Waals surface area contributed by atoms with Crippen molar-refractivity contribution in [3.8, 4) is 0 Å². The van der Waals surface area contributed by atoms with Crippen LogP contribution in [0.3, 0.4) is 0 Å². The quantitative estimate of drug-likeness (QED) is 0.299. The summed E-state index contributed by atoms with van der Waals surface area (Å²) in [6, 6.07) is 0. The summed E-state index contributed by atoms with van der Waals surface area (Å²) in [5.74, 6) is 0. The van der Waals surface area contributed by atoms with Crippen LogP contribution in [0, 0.1) is 0 Å². The van der Waals surface area contributed by atoms with E-state index < -0.39 is 25.7 Å². The van der Waals surface area contributed by atoms with Gasteiger partial charge >= 0.3 is 25.7 Å². The van der Waals surface area contributed by atoms with Crippen molar-refractivity contribution in [2.24, 2.45) is 0 Å². The third-order valence-corrected chi connectivity index (χ3v) is 24.1. The molecule has 0 spiro atoms. The Kier molecular flexibility index (Phi) is 9.71. The molecule has 4 rings (SSSR count). The first kappa shape index (κ1) is 26.5. The van der Waals surface area contributed by atoms with Gasteiger partial charge in [0.2, 0.25) is 0 Å². The molecule has 192 valence electrons. The van der Waals surface area contributed by atoms with Gasteiger partial charge in [-0.3, -0.25) is 0 Å². The minimum atomic E-state index is -2.66. The van der Waals surface area contributed by atoms with Crippen molar-refractivity contribution in [3.63, 3.8) is 0 Å². The fraction of sp³-hybridized carbons (Fsp3) is 1.00.